The molecule has 0 bridgehead atoms. The highest BCUT2D eigenvalue weighted by Crippen LogP contribution is 2.27. The molecular weight excluding hydrogens is 198 g/mol. The van der Waals surface area contributed by atoms with Crippen LogP contribution in [0.4, 0.5) is 0 Å². The van der Waals surface area contributed by atoms with E-state index in [1.165, 1.54) is 31.9 Å². The highest BCUT2D eigenvalue weighted by atomic mass is 32.2. The van der Waals surface area contributed by atoms with Crippen molar-refractivity contribution in [3.8, 4) is 0 Å². The first-order chi connectivity index (χ1) is 6.51. The zero-order chi connectivity index (χ0) is 10.6. The van der Waals surface area contributed by atoms with Gasteiger partial charge in [-0.05, 0) is 25.2 Å². The van der Waals surface area contributed by atoms with E-state index in [-0.39, 0.29) is 5.75 Å². The van der Waals surface area contributed by atoms with Gasteiger partial charge in [-0.2, -0.15) is 0 Å². The first-order valence-corrected chi connectivity index (χ1v) is 7.48. The average molecular weight is 219 g/mol. The third kappa shape index (κ3) is 4.42. The van der Waals surface area contributed by atoms with Crippen molar-refractivity contribution in [3.63, 3.8) is 0 Å². The van der Waals surface area contributed by atoms with E-state index in [2.05, 4.69) is 12.2 Å². The molecule has 2 unspecified atom stereocenters. The Kier molecular flexibility index (Phi) is 4.38. The maximum atomic E-state index is 10.9. The molecule has 0 aliphatic heterocycles. The van der Waals surface area contributed by atoms with Crippen LogP contribution in [0, 0.1) is 5.92 Å². The second-order valence-corrected chi connectivity index (χ2v) is 6.63. The van der Waals surface area contributed by atoms with Crippen LogP contribution in [0.2, 0.25) is 0 Å². The summed E-state index contributed by atoms with van der Waals surface area (Å²) in [6.07, 6.45) is 6.28. The van der Waals surface area contributed by atoms with E-state index in [1.807, 2.05) is 0 Å². The van der Waals surface area contributed by atoms with E-state index in [1.54, 1.807) is 0 Å². The predicted octanol–water partition coefficient (Wildman–Crippen LogP) is 1.20. The Bertz CT molecular complexity index is 261. The molecule has 84 valence electrons. The molecule has 1 aliphatic rings. The van der Waals surface area contributed by atoms with Crippen LogP contribution < -0.4 is 5.32 Å². The first kappa shape index (κ1) is 12.0. The molecule has 3 nitrogen and oxygen atoms in total. The Morgan fingerprint density at radius 3 is 2.57 bits per heavy atom. The Labute approximate surface area is 87.2 Å². The smallest absolute Gasteiger partial charge is 0.148 e. The van der Waals surface area contributed by atoms with Crippen molar-refractivity contribution in [2.75, 3.05) is 18.6 Å². The van der Waals surface area contributed by atoms with Gasteiger partial charge >= 0.3 is 0 Å². The lowest BCUT2D eigenvalue weighted by atomic mass is 10.1. The number of sulfone groups is 1. The minimum absolute atomic E-state index is 0.264. The van der Waals surface area contributed by atoms with Crippen LogP contribution in [0.1, 0.15) is 32.6 Å². The quantitative estimate of drug-likeness (QED) is 0.756. The Hall–Kier alpha value is -0.0900. The van der Waals surface area contributed by atoms with Crippen molar-refractivity contribution in [1.82, 2.24) is 5.32 Å². The molecule has 0 aromatic rings. The van der Waals surface area contributed by atoms with Gasteiger partial charge < -0.3 is 5.32 Å². The van der Waals surface area contributed by atoms with Crippen molar-refractivity contribution in [1.29, 1.82) is 0 Å². The fraction of sp³-hybridized carbons (Fsp3) is 1.00. The third-order valence-electron chi connectivity index (χ3n) is 3.02. The Morgan fingerprint density at radius 2 is 2.07 bits per heavy atom. The molecule has 0 saturated heterocycles. The van der Waals surface area contributed by atoms with Gasteiger partial charge in [0.05, 0.1) is 5.75 Å². The number of hydrogen-bond acceptors (Lipinski definition) is 3. The Morgan fingerprint density at radius 1 is 1.36 bits per heavy atom. The van der Waals surface area contributed by atoms with E-state index < -0.39 is 9.84 Å². The second kappa shape index (κ2) is 5.12. The van der Waals surface area contributed by atoms with Gasteiger partial charge in [-0.25, -0.2) is 8.42 Å². The molecule has 4 heteroatoms. The van der Waals surface area contributed by atoms with Gasteiger partial charge in [0, 0.05) is 18.8 Å². The maximum absolute atomic E-state index is 10.9. The molecule has 2 atom stereocenters. The molecule has 0 spiro atoms. The summed E-state index contributed by atoms with van der Waals surface area (Å²) in [5.74, 6) is 1.12. The zero-order valence-corrected chi connectivity index (χ0v) is 9.94. The average Bonchev–Trinajstić information content (AvgIpc) is 2.50. The number of rotatable bonds is 5. The van der Waals surface area contributed by atoms with E-state index in [0.717, 1.165) is 5.92 Å². The minimum atomic E-state index is -2.80. The highest BCUT2D eigenvalue weighted by Gasteiger charge is 2.22. The SMILES string of the molecule is CCC1CCC(NCCS(C)(=O)=O)C1. The summed E-state index contributed by atoms with van der Waals surface area (Å²) in [5, 5.41) is 3.32. The van der Waals surface area contributed by atoms with E-state index >= 15 is 0 Å². The van der Waals surface area contributed by atoms with Crippen LogP contribution in [-0.2, 0) is 9.84 Å². The lowest BCUT2D eigenvalue weighted by molar-refractivity contribution is 0.485. The normalized spacial score (nSPS) is 28.1. The van der Waals surface area contributed by atoms with Crippen molar-refractivity contribution >= 4 is 9.84 Å². The van der Waals surface area contributed by atoms with Crippen molar-refractivity contribution in [3.05, 3.63) is 0 Å². The molecule has 0 radical (unpaired) electrons. The molecule has 1 aliphatic carbocycles. The molecular formula is C10H21NO2S. The second-order valence-electron chi connectivity index (χ2n) is 4.37. The maximum Gasteiger partial charge on any atom is 0.148 e. The van der Waals surface area contributed by atoms with Crippen LogP contribution in [0.3, 0.4) is 0 Å². The van der Waals surface area contributed by atoms with Gasteiger partial charge in [0.2, 0.25) is 0 Å². The monoisotopic (exact) mass is 219 g/mol. The number of nitrogens with one attached hydrogen (secondary N) is 1. The summed E-state index contributed by atoms with van der Waals surface area (Å²) < 4.78 is 21.8. The van der Waals surface area contributed by atoms with Gasteiger partial charge in [0.15, 0.2) is 0 Å². The molecule has 0 amide bonds. The van der Waals surface area contributed by atoms with Crippen LogP contribution >= 0.6 is 0 Å². The van der Waals surface area contributed by atoms with Gasteiger partial charge in [-0.1, -0.05) is 13.3 Å². The summed E-state index contributed by atoms with van der Waals surface area (Å²) in [5.41, 5.74) is 0. The molecule has 14 heavy (non-hydrogen) atoms. The summed E-state index contributed by atoms with van der Waals surface area (Å²) in [7, 11) is -2.80. The van der Waals surface area contributed by atoms with E-state index in [4.69, 9.17) is 0 Å². The van der Waals surface area contributed by atoms with Crippen molar-refractivity contribution < 1.29 is 8.42 Å². The zero-order valence-electron chi connectivity index (χ0n) is 9.12. The summed E-state index contributed by atoms with van der Waals surface area (Å²) >= 11 is 0. The fourth-order valence-electron chi connectivity index (χ4n) is 2.08. The third-order valence-corrected chi connectivity index (χ3v) is 3.97. The molecule has 1 saturated carbocycles. The molecule has 1 rings (SSSR count). The van der Waals surface area contributed by atoms with Crippen molar-refractivity contribution in [2.24, 2.45) is 5.92 Å². The van der Waals surface area contributed by atoms with Crippen LogP contribution in [0.25, 0.3) is 0 Å². The molecule has 1 fully saturated rings. The van der Waals surface area contributed by atoms with Gasteiger partial charge in [-0.3, -0.25) is 0 Å². The summed E-state index contributed by atoms with van der Waals surface area (Å²) in [6, 6.07) is 0.557. The molecule has 0 aromatic carbocycles. The molecule has 1 N–H and O–H groups in total. The summed E-state index contributed by atoms with van der Waals surface area (Å²) in [4.78, 5) is 0. The highest BCUT2D eigenvalue weighted by molar-refractivity contribution is 7.90. The van der Waals surface area contributed by atoms with Crippen molar-refractivity contribution in [2.45, 2.75) is 38.6 Å². The van der Waals surface area contributed by atoms with Gasteiger partial charge in [0.1, 0.15) is 9.84 Å². The first-order valence-electron chi connectivity index (χ1n) is 5.42. The summed E-state index contributed by atoms with van der Waals surface area (Å²) in [6.45, 7) is 2.84. The van der Waals surface area contributed by atoms with Crippen LogP contribution in [0.5, 0.6) is 0 Å². The van der Waals surface area contributed by atoms with Crippen LogP contribution in [0.15, 0.2) is 0 Å². The molecule has 0 aromatic heterocycles. The number of hydrogen-bond donors (Lipinski definition) is 1. The van der Waals surface area contributed by atoms with E-state index in [0.29, 0.717) is 12.6 Å². The standard InChI is InChI=1S/C10H21NO2S/c1-3-9-4-5-10(8-9)11-6-7-14(2,12)13/h9-11H,3-8H2,1-2H3. The minimum Gasteiger partial charge on any atom is -0.313 e. The van der Waals surface area contributed by atoms with Gasteiger partial charge in [-0.15, -0.1) is 0 Å². The Balaban J connectivity index is 2.15. The van der Waals surface area contributed by atoms with Gasteiger partial charge in [0.25, 0.3) is 0 Å². The van der Waals surface area contributed by atoms with E-state index in [9.17, 15) is 8.42 Å². The largest absolute Gasteiger partial charge is 0.313 e. The lowest BCUT2D eigenvalue weighted by Gasteiger charge is -2.11. The lowest BCUT2D eigenvalue weighted by Crippen LogP contribution is -2.31. The fourth-order valence-corrected chi connectivity index (χ4v) is 2.57. The van der Waals surface area contributed by atoms with Crippen LogP contribution in [-0.4, -0.2) is 33.0 Å². The topological polar surface area (TPSA) is 46.2 Å². The molecule has 0 heterocycles. The predicted molar refractivity (Wildman–Crippen MR) is 59.1 cm³/mol.